The van der Waals surface area contributed by atoms with Gasteiger partial charge in [-0.1, -0.05) is 130 Å². The molecule has 0 N–H and O–H groups in total. The third-order valence-electron chi connectivity index (χ3n) is 9.96. The van der Waals surface area contributed by atoms with E-state index >= 15 is 0 Å². The van der Waals surface area contributed by atoms with E-state index in [1.54, 1.807) is 0 Å². The molecule has 1 heterocycles. The number of aromatic nitrogens is 2. The van der Waals surface area contributed by atoms with Gasteiger partial charge in [-0.15, -0.1) is 0 Å². The van der Waals surface area contributed by atoms with Gasteiger partial charge in [0.05, 0.1) is 24.2 Å². The molecule has 5 aromatic carbocycles. The van der Waals surface area contributed by atoms with Crippen LogP contribution in [0.2, 0.25) is 0 Å². The van der Waals surface area contributed by atoms with Gasteiger partial charge in [-0.2, -0.15) is 0 Å². The summed E-state index contributed by atoms with van der Waals surface area (Å²) in [7, 11) is 6.44. The average molecular weight is 716 g/mol. The van der Waals surface area contributed by atoms with E-state index in [9.17, 15) is 0 Å². The fourth-order valence-corrected chi connectivity index (χ4v) is 7.27. The predicted molar refractivity (Wildman–Crippen MR) is 212 cm³/mol. The van der Waals surface area contributed by atoms with E-state index in [0.717, 1.165) is 83.9 Å². The summed E-state index contributed by atoms with van der Waals surface area (Å²) in [6, 6.07) is 29.5. The average Bonchev–Trinajstić information content (AvgIpc) is 3.54. The number of para-hydroxylation sites is 1. The Morgan fingerprint density at radius 1 is 0.694 bits per heavy atom. The first-order valence-electron chi connectivity index (χ1n) is 18.2. The molecule has 0 fully saturated rings. The monoisotopic (exact) mass is 714 g/mol. The van der Waals surface area contributed by atoms with Crippen molar-refractivity contribution < 1.29 is 9.47 Å². The van der Waals surface area contributed by atoms with Gasteiger partial charge in [-0.05, 0) is 77.9 Å². The maximum absolute atomic E-state index is 6.70. The highest BCUT2D eigenvalue weighted by molar-refractivity contribution is 9.10. The number of nitrogens with zero attached hydrogens (tertiary/aromatic N) is 2. The molecule has 0 aliphatic carbocycles. The lowest BCUT2D eigenvalue weighted by Gasteiger charge is -2.21. The summed E-state index contributed by atoms with van der Waals surface area (Å²) in [5.41, 5.74) is 4.70. The van der Waals surface area contributed by atoms with Crippen molar-refractivity contribution >= 4 is 61.8 Å². The summed E-state index contributed by atoms with van der Waals surface area (Å²) >= 11 is 3.74. The summed E-state index contributed by atoms with van der Waals surface area (Å²) in [6.07, 6.45) is 9.37. The number of hydrogen-bond acceptors (Lipinski definition) is 3. The van der Waals surface area contributed by atoms with Gasteiger partial charge >= 0.3 is 0 Å². The molecule has 2 radical (unpaired) electrons. The van der Waals surface area contributed by atoms with Crippen molar-refractivity contribution in [1.82, 2.24) is 9.55 Å². The molecule has 0 bridgehead atoms. The molecule has 6 aromatic rings. The first kappa shape index (κ1) is 35.1. The first-order valence-corrected chi connectivity index (χ1v) is 19.0. The number of imidazole rings is 1. The maximum atomic E-state index is 6.70. The fourth-order valence-electron chi connectivity index (χ4n) is 6.91. The molecule has 0 saturated heterocycles. The quantitative estimate of drug-likeness (QED) is 0.0739. The highest BCUT2D eigenvalue weighted by Crippen LogP contribution is 2.41. The zero-order chi connectivity index (χ0) is 34.3. The lowest BCUT2D eigenvalue weighted by Crippen LogP contribution is -2.14. The van der Waals surface area contributed by atoms with Crippen LogP contribution in [0.1, 0.15) is 79.1 Å². The maximum Gasteiger partial charge on any atom is 0.161 e. The van der Waals surface area contributed by atoms with Crippen LogP contribution < -0.4 is 14.9 Å². The van der Waals surface area contributed by atoms with Crippen LogP contribution in [0.4, 0.5) is 0 Å². The van der Waals surface area contributed by atoms with E-state index < -0.39 is 0 Å². The van der Waals surface area contributed by atoms with Crippen LogP contribution in [0.15, 0.2) is 89.4 Å². The zero-order valence-electron chi connectivity index (χ0n) is 29.5. The number of rotatable bonds is 16. The molecule has 2 unspecified atom stereocenters. The largest absolute Gasteiger partial charge is 0.489 e. The van der Waals surface area contributed by atoms with Crippen molar-refractivity contribution in [3.05, 3.63) is 89.4 Å². The van der Waals surface area contributed by atoms with Gasteiger partial charge in [0, 0.05) is 26.5 Å². The summed E-state index contributed by atoms with van der Waals surface area (Å²) in [5.74, 6) is 3.46. The van der Waals surface area contributed by atoms with Gasteiger partial charge in [-0.25, -0.2) is 4.98 Å². The Bertz CT molecular complexity index is 2020. The SMILES string of the molecule is [B]c1ccc2c3ccc(Br)cc3c3nc(-c4ccc(OCC(CC)CCCC)c(OCC(CC)CCCC)c4)n(-c4ccccc4)c3c2c1. The van der Waals surface area contributed by atoms with Gasteiger partial charge in [0.1, 0.15) is 13.7 Å². The zero-order valence-corrected chi connectivity index (χ0v) is 31.1. The van der Waals surface area contributed by atoms with Crippen LogP contribution in [-0.2, 0) is 0 Å². The van der Waals surface area contributed by atoms with E-state index in [4.69, 9.17) is 22.3 Å². The molecular weight excluding hydrogens is 667 g/mol. The Kier molecular flexibility index (Phi) is 11.7. The highest BCUT2D eigenvalue weighted by atomic mass is 79.9. The molecule has 1 aromatic heterocycles. The van der Waals surface area contributed by atoms with Gasteiger partial charge < -0.3 is 9.47 Å². The number of ether oxygens (including phenoxy) is 2. The second-order valence-electron chi connectivity index (χ2n) is 13.4. The molecule has 2 atom stereocenters. The molecule has 6 rings (SSSR count). The lowest BCUT2D eigenvalue weighted by molar-refractivity contribution is 0.199. The minimum Gasteiger partial charge on any atom is -0.489 e. The molecular formula is C43H48BBrN2O2. The summed E-state index contributed by atoms with van der Waals surface area (Å²) in [5, 5.41) is 4.46. The second kappa shape index (κ2) is 16.3. The van der Waals surface area contributed by atoms with Crippen LogP contribution in [0, 0.1) is 11.8 Å². The van der Waals surface area contributed by atoms with Crippen molar-refractivity contribution in [1.29, 1.82) is 0 Å². The number of benzene rings is 5. The summed E-state index contributed by atoms with van der Waals surface area (Å²) in [4.78, 5) is 5.46. The number of fused-ring (bicyclic) bond motifs is 6. The van der Waals surface area contributed by atoms with Gasteiger partial charge in [0.15, 0.2) is 11.5 Å². The second-order valence-corrected chi connectivity index (χ2v) is 14.3. The fraction of sp³-hybridized carbons (Fsp3) is 0.372. The normalized spacial score (nSPS) is 12.9. The Morgan fingerprint density at radius 2 is 1.35 bits per heavy atom. The molecule has 6 heteroatoms. The smallest absolute Gasteiger partial charge is 0.161 e. The van der Waals surface area contributed by atoms with Crippen LogP contribution in [-0.4, -0.2) is 30.6 Å². The molecule has 0 aliphatic rings. The molecule has 252 valence electrons. The Balaban J connectivity index is 1.54. The minimum absolute atomic E-state index is 0.500. The topological polar surface area (TPSA) is 36.3 Å². The molecule has 49 heavy (non-hydrogen) atoms. The van der Waals surface area contributed by atoms with Crippen LogP contribution >= 0.6 is 15.9 Å². The van der Waals surface area contributed by atoms with Crippen molar-refractivity contribution in [2.24, 2.45) is 11.8 Å². The first-order chi connectivity index (χ1) is 23.9. The molecule has 0 aliphatic heterocycles. The Labute approximate surface area is 301 Å². The number of halogens is 1. The van der Waals surface area contributed by atoms with E-state index in [1.807, 2.05) is 6.07 Å². The van der Waals surface area contributed by atoms with Crippen molar-refractivity contribution in [3.8, 4) is 28.6 Å². The van der Waals surface area contributed by atoms with Crippen LogP contribution in [0.3, 0.4) is 0 Å². The lowest BCUT2D eigenvalue weighted by atomic mass is 9.91. The number of unbranched alkanes of at least 4 members (excludes halogenated alkanes) is 2. The Hall–Kier alpha value is -3.77. The molecule has 0 spiro atoms. The highest BCUT2D eigenvalue weighted by Gasteiger charge is 2.22. The van der Waals surface area contributed by atoms with E-state index in [1.165, 1.54) is 38.5 Å². The van der Waals surface area contributed by atoms with Gasteiger partial charge in [0.25, 0.3) is 0 Å². The van der Waals surface area contributed by atoms with Gasteiger partial charge in [0.2, 0.25) is 0 Å². The van der Waals surface area contributed by atoms with Crippen molar-refractivity contribution in [2.75, 3.05) is 13.2 Å². The molecule has 0 amide bonds. The van der Waals surface area contributed by atoms with E-state index in [0.29, 0.717) is 25.0 Å². The minimum atomic E-state index is 0.500. The summed E-state index contributed by atoms with van der Waals surface area (Å²) < 4.78 is 16.6. The summed E-state index contributed by atoms with van der Waals surface area (Å²) in [6.45, 7) is 10.4. The van der Waals surface area contributed by atoms with E-state index in [2.05, 4.69) is 127 Å². The van der Waals surface area contributed by atoms with Crippen molar-refractivity contribution in [2.45, 2.75) is 79.1 Å². The van der Waals surface area contributed by atoms with E-state index in [-0.39, 0.29) is 0 Å². The predicted octanol–water partition coefficient (Wildman–Crippen LogP) is 11.7. The van der Waals surface area contributed by atoms with Gasteiger partial charge in [-0.3, -0.25) is 4.57 Å². The van der Waals surface area contributed by atoms with Crippen LogP contribution in [0.25, 0.3) is 49.7 Å². The number of hydrogen-bond donors (Lipinski definition) is 0. The van der Waals surface area contributed by atoms with Crippen LogP contribution in [0.5, 0.6) is 11.5 Å². The Morgan fingerprint density at radius 3 is 2.02 bits per heavy atom. The standard InChI is InChI=1S/C43H48BBrN2O2/c1-5-9-14-29(7-3)27-48-39-23-18-31(24-40(39)49-28-30(8-4)15-10-6-2)43-46-41-37-26-33(45)20-22-35(37)36-21-19-32(44)25-38(36)42(41)47(43)34-16-12-11-13-17-34/h11-13,16-26,29-30H,5-10,14-15,27-28H2,1-4H3. The molecule has 4 nitrogen and oxygen atoms in total. The molecule has 0 saturated carbocycles. The van der Waals surface area contributed by atoms with Crippen molar-refractivity contribution in [3.63, 3.8) is 0 Å². The third kappa shape index (κ3) is 7.70. The third-order valence-corrected chi connectivity index (χ3v) is 10.4.